The van der Waals surface area contributed by atoms with Gasteiger partial charge in [0.15, 0.2) is 5.92 Å². The van der Waals surface area contributed by atoms with Crippen molar-refractivity contribution in [2.75, 3.05) is 6.61 Å². The number of nitrogens with zero attached hydrogens (tertiary/aromatic N) is 1. The van der Waals surface area contributed by atoms with Gasteiger partial charge in [0.2, 0.25) is 0 Å². The highest BCUT2D eigenvalue weighted by molar-refractivity contribution is 5.81. The topological polar surface area (TPSA) is 50.1 Å². The number of esters is 1. The number of rotatable bonds is 3. The van der Waals surface area contributed by atoms with E-state index in [1.54, 1.807) is 19.1 Å². The van der Waals surface area contributed by atoms with Crippen LogP contribution in [0.5, 0.6) is 0 Å². The molecule has 1 aromatic rings. The van der Waals surface area contributed by atoms with Gasteiger partial charge < -0.3 is 4.74 Å². The van der Waals surface area contributed by atoms with Crippen molar-refractivity contribution >= 4 is 5.97 Å². The number of ether oxygens (including phenoxy) is 1. The highest BCUT2D eigenvalue weighted by Gasteiger charge is 2.20. The predicted octanol–water partition coefficient (Wildman–Crippen LogP) is 2.17. The summed E-state index contributed by atoms with van der Waals surface area (Å²) in [5.41, 5.74) is 1.78. The van der Waals surface area contributed by atoms with Crippen LogP contribution in [0.3, 0.4) is 0 Å². The number of aryl methyl sites for hydroxylation is 1. The van der Waals surface area contributed by atoms with Gasteiger partial charge in [-0.15, -0.1) is 0 Å². The van der Waals surface area contributed by atoms with E-state index in [1.165, 1.54) is 0 Å². The molecule has 0 fully saturated rings. The Morgan fingerprint density at radius 1 is 1.47 bits per heavy atom. The van der Waals surface area contributed by atoms with Crippen molar-refractivity contribution in [3.05, 3.63) is 35.4 Å². The van der Waals surface area contributed by atoms with Crippen LogP contribution in [-0.4, -0.2) is 12.6 Å². The van der Waals surface area contributed by atoms with Crippen LogP contribution in [0.25, 0.3) is 0 Å². The molecule has 1 atom stereocenters. The van der Waals surface area contributed by atoms with Gasteiger partial charge in [0, 0.05) is 0 Å². The van der Waals surface area contributed by atoms with Crippen LogP contribution in [0.2, 0.25) is 0 Å². The maximum Gasteiger partial charge on any atom is 0.327 e. The van der Waals surface area contributed by atoms with Crippen LogP contribution >= 0.6 is 0 Å². The van der Waals surface area contributed by atoms with E-state index < -0.39 is 11.9 Å². The highest BCUT2D eigenvalue weighted by atomic mass is 16.5. The Labute approximate surface area is 89.3 Å². The number of carbonyl (C=O) groups excluding carboxylic acids is 1. The van der Waals surface area contributed by atoms with Gasteiger partial charge in [0.1, 0.15) is 0 Å². The van der Waals surface area contributed by atoms with Crippen LogP contribution in [0.1, 0.15) is 24.0 Å². The summed E-state index contributed by atoms with van der Waals surface area (Å²) in [5.74, 6) is -1.30. The Morgan fingerprint density at radius 3 is 2.53 bits per heavy atom. The molecule has 0 aromatic heterocycles. The molecule has 0 saturated heterocycles. The minimum Gasteiger partial charge on any atom is -0.465 e. The fourth-order valence-corrected chi connectivity index (χ4v) is 1.25. The number of hydrogen-bond donors (Lipinski definition) is 0. The molecule has 0 N–H and O–H groups in total. The lowest BCUT2D eigenvalue weighted by atomic mass is 10.00. The monoisotopic (exact) mass is 203 g/mol. The average Bonchev–Trinajstić information content (AvgIpc) is 2.22. The molecule has 0 bridgehead atoms. The second-order valence-electron chi connectivity index (χ2n) is 3.22. The maximum atomic E-state index is 11.4. The zero-order valence-electron chi connectivity index (χ0n) is 8.86. The van der Waals surface area contributed by atoms with Crippen LogP contribution in [-0.2, 0) is 9.53 Å². The third-order valence-corrected chi connectivity index (χ3v) is 2.06. The first kappa shape index (κ1) is 11.3. The minimum absolute atomic E-state index is 0.295. The predicted molar refractivity (Wildman–Crippen MR) is 56.2 cm³/mol. The minimum atomic E-state index is -0.814. The number of nitriles is 1. The van der Waals surface area contributed by atoms with Gasteiger partial charge in [-0.25, -0.2) is 0 Å². The largest absolute Gasteiger partial charge is 0.465 e. The van der Waals surface area contributed by atoms with E-state index in [-0.39, 0.29) is 0 Å². The van der Waals surface area contributed by atoms with Crippen LogP contribution < -0.4 is 0 Å². The van der Waals surface area contributed by atoms with E-state index >= 15 is 0 Å². The average molecular weight is 203 g/mol. The van der Waals surface area contributed by atoms with Gasteiger partial charge in [-0.1, -0.05) is 29.8 Å². The van der Waals surface area contributed by atoms with E-state index in [4.69, 9.17) is 10.00 Å². The molecule has 0 aliphatic heterocycles. The quantitative estimate of drug-likeness (QED) is 0.707. The van der Waals surface area contributed by atoms with Gasteiger partial charge in [-0.2, -0.15) is 5.26 Å². The van der Waals surface area contributed by atoms with Crippen molar-refractivity contribution in [1.82, 2.24) is 0 Å². The Bertz CT molecular complexity index is 376. The van der Waals surface area contributed by atoms with E-state index in [9.17, 15) is 4.79 Å². The SMILES string of the molecule is CCOC(=O)[C@H](C#N)c1ccc(C)cc1. The van der Waals surface area contributed by atoms with Gasteiger partial charge >= 0.3 is 5.97 Å². The van der Waals surface area contributed by atoms with Crippen molar-refractivity contribution in [3.63, 3.8) is 0 Å². The summed E-state index contributed by atoms with van der Waals surface area (Å²) >= 11 is 0. The summed E-state index contributed by atoms with van der Waals surface area (Å²) in [6.45, 7) is 3.97. The molecule has 3 heteroatoms. The zero-order chi connectivity index (χ0) is 11.3. The Kier molecular flexibility index (Phi) is 3.87. The third-order valence-electron chi connectivity index (χ3n) is 2.06. The summed E-state index contributed by atoms with van der Waals surface area (Å²) in [4.78, 5) is 11.4. The van der Waals surface area contributed by atoms with Crippen LogP contribution in [0.15, 0.2) is 24.3 Å². The molecule has 15 heavy (non-hydrogen) atoms. The van der Waals surface area contributed by atoms with Crippen molar-refractivity contribution in [2.24, 2.45) is 0 Å². The van der Waals surface area contributed by atoms with Gasteiger partial charge in [0.25, 0.3) is 0 Å². The first-order valence-electron chi connectivity index (χ1n) is 4.82. The molecular formula is C12H13NO2. The van der Waals surface area contributed by atoms with Crippen molar-refractivity contribution in [2.45, 2.75) is 19.8 Å². The lowest BCUT2D eigenvalue weighted by Crippen LogP contribution is -2.14. The summed E-state index contributed by atoms with van der Waals surface area (Å²) in [7, 11) is 0. The molecular weight excluding hydrogens is 190 g/mol. The molecule has 0 aliphatic rings. The normalized spacial score (nSPS) is 11.5. The van der Waals surface area contributed by atoms with E-state index in [0.717, 1.165) is 5.56 Å². The molecule has 0 amide bonds. The number of hydrogen-bond acceptors (Lipinski definition) is 3. The summed E-state index contributed by atoms with van der Waals surface area (Å²) in [5, 5.41) is 8.89. The fraction of sp³-hybridized carbons (Fsp3) is 0.333. The number of benzene rings is 1. The van der Waals surface area contributed by atoms with Crippen LogP contribution in [0, 0.1) is 18.3 Å². The van der Waals surface area contributed by atoms with E-state index in [1.807, 2.05) is 25.1 Å². The molecule has 0 aliphatic carbocycles. The van der Waals surface area contributed by atoms with Crippen molar-refractivity contribution in [3.8, 4) is 6.07 Å². The smallest absolute Gasteiger partial charge is 0.327 e. The molecule has 1 aromatic carbocycles. The van der Waals surface area contributed by atoms with Crippen molar-refractivity contribution in [1.29, 1.82) is 5.26 Å². The molecule has 3 nitrogen and oxygen atoms in total. The van der Waals surface area contributed by atoms with Gasteiger partial charge in [-0.05, 0) is 19.4 Å². The molecule has 0 unspecified atom stereocenters. The molecule has 0 spiro atoms. The maximum absolute atomic E-state index is 11.4. The zero-order valence-corrected chi connectivity index (χ0v) is 8.86. The fourth-order valence-electron chi connectivity index (χ4n) is 1.25. The molecule has 78 valence electrons. The Morgan fingerprint density at radius 2 is 2.07 bits per heavy atom. The third kappa shape index (κ3) is 2.81. The van der Waals surface area contributed by atoms with Gasteiger partial charge in [0.05, 0.1) is 12.7 Å². The molecule has 0 heterocycles. The lowest BCUT2D eigenvalue weighted by Gasteiger charge is -2.08. The Balaban J connectivity index is 2.89. The summed E-state index contributed by atoms with van der Waals surface area (Å²) < 4.78 is 4.82. The van der Waals surface area contributed by atoms with Gasteiger partial charge in [-0.3, -0.25) is 4.79 Å². The van der Waals surface area contributed by atoms with Crippen molar-refractivity contribution < 1.29 is 9.53 Å². The summed E-state index contributed by atoms with van der Waals surface area (Å²) in [6.07, 6.45) is 0. The first-order valence-corrected chi connectivity index (χ1v) is 4.82. The standard InChI is InChI=1S/C12H13NO2/c1-3-15-12(14)11(8-13)10-6-4-9(2)5-7-10/h4-7,11H,3H2,1-2H3/t11-/m1/s1. The highest BCUT2D eigenvalue weighted by Crippen LogP contribution is 2.17. The van der Waals surface area contributed by atoms with Crippen LogP contribution in [0.4, 0.5) is 0 Å². The summed E-state index contributed by atoms with van der Waals surface area (Å²) in [6, 6.07) is 9.25. The lowest BCUT2D eigenvalue weighted by molar-refractivity contribution is -0.143. The molecule has 0 radical (unpaired) electrons. The van der Waals surface area contributed by atoms with E-state index in [0.29, 0.717) is 12.2 Å². The molecule has 0 saturated carbocycles. The second-order valence-corrected chi connectivity index (χ2v) is 3.22. The number of carbonyl (C=O) groups is 1. The molecule has 1 rings (SSSR count). The van der Waals surface area contributed by atoms with E-state index in [2.05, 4.69) is 0 Å². The Hall–Kier alpha value is -1.82. The first-order chi connectivity index (χ1) is 7.19. The second kappa shape index (κ2) is 5.16.